The van der Waals surface area contributed by atoms with Crippen LogP contribution in [-0.4, -0.2) is 36.1 Å². The van der Waals surface area contributed by atoms with Gasteiger partial charge in [-0.25, -0.2) is 14.3 Å². The third-order valence-electron chi connectivity index (χ3n) is 3.71. The van der Waals surface area contributed by atoms with Gasteiger partial charge in [-0.05, 0) is 32.0 Å². The topological polar surface area (TPSA) is 103 Å². The molecule has 8 nitrogen and oxygen atoms in total. The van der Waals surface area contributed by atoms with Crippen molar-refractivity contribution in [1.29, 1.82) is 0 Å². The number of halogens is 2. The van der Waals surface area contributed by atoms with Crippen LogP contribution in [0, 0.1) is 13.8 Å². The number of anilines is 1. The Morgan fingerprint density at radius 2 is 1.85 bits per heavy atom. The summed E-state index contributed by atoms with van der Waals surface area (Å²) in [6.07, 6.45) is 0. The Morgan fingerprint density at radius 3 is 2.44 bits per heavy atom. The van der Waals surface area contributed by atoms with E-state index in [-0.39, 0.29) is 26.9 Å². The fourth-order valence-electron chi connectivity index (χ4n) is 2.55. The summed E-state index contributed by atoms with van der Waals surface area (Å²) in [4.78, 5) is 16.5. The third-order valence-corrected chi connectivity index (χ3v) is 5.60. The summed E-state index contributed by atoms with van der Waals surface area (Å²) < 4.78 is 34.2. The van der Waals surface area contributed by atoms with Crippen molar-refractivity contribution in [1.82, 2.24) is 14.6 Å². The molecule has 0 saturated heterocycles. The van der Waals surface area contributed by atoms with Crippen LogP contribution in [-0.2, 0) is 14.8 Å². The van der Waals surface area contributed by atoms with Crippen LogP contribution < -0.4 is 4.72 Å². The molecule has 3 rings (SSSR count). The van der Waals surface area contributed by atoms with E-state index in [4.69, 9.17) is 27.9 Å². The molecule has 0 atom stereocenters. The number of carbonyl (C=O) groups excluding carboxylic acids is 1. The molecule has 0 fully saturated rings. The summed E-state index contributed by atoms with van der Waals surface area (Å²) in [7, 11) is -3.19. The highest BCUT2D eigenvalue weighted by atomic mass is 35.5. The summed E-state index contributed by atoms with van der Waals surface area (Å²) in [6.45, 7) is 3.43. The monoisotopic (exact) mass is 428 g/mol. The van der Waals surface area contributed by atoms with E-state index < -0.39 is 21.0 Å². The lowest BCUT2D eigenvalue weighted by Crippen LogP contribution is -2.18. The lowest BCUT2D eigenvalue weighted by molar-refractivity contribution is 0.0598. The Labute approximate surface area is 165 Å². The number of ether oxygens (including phenoxy) is 1. The number of sulfonamides is 1. The number of hydrogen-bond acceptors (Lipinski definition) is 6. The standard InChI is InChI=1S/C16H14Cl2N4O4S/c1-8-7-9(2)22-14(19-8)12(16(23)26-3)15(20-22)27(24,25)21-13-10(17)5-4-6-11(13)18/h4-7,21H,1-3H3. The average Bonchev–Trinajstić information content (AvgIpc) is 2.98. The van der Waals surface area contributed by atoms with Gasteiger partial charge in [-0.15, -0.1) is 0 Å². The number of aromatic nitrogens is 3. The number of para-hydroxylation sites is 1. The third kappa shape index (κ3) is 3.45. The van der Waals surface area contributed by atoms with Crippen molar-refractivity contribution in [3.8, 4) is 0 Å². The largest absolute Gasteiger partial charge is 0.465 e. The second-order valence-electron chi connectivity index (χ2n) is 5.65. The molecule has 0 amide bonds. The van der Waals surface area contributed by atoms with E-state index >= 15 is 0 Å². The van der Waals surface area contributed by atoms with Crippen molar-refractivity contribution in [3.63, 3.8) is 0 Å². The maximum absolute atomic E-state index is 13.0. The van der Waals surface area contributed by atoms with Crippen LogP contribution >= 0.6 is 23.2 Å². The van der Waals surface area contributed by atoms with Crippen molar-refractivity contribution >= 4 is 50.5 Å². The first kappa shape index (κ1) is 19.4. The van der Waals surface area contributed by atoms with E-state index in [2.05, 4.69) is 14.8 Å². The predicted molar refractivity (Wildman–Crippen MR) is 101 cm³/mol. The maximum atomic E-state index is 13.0. The molecule has 3 aromatic rings. The van der Waals surface area contributed by atoms with E-state index in [1.165, 1.54) is 16.6 Å². The number of aryl methyl sites for hydroxylation is 2. The number of rotatable bonds is 4. The summed E-state index contributed by atoms with van der Waals surface area (Å²) in [6, 6.07) is 6.23. The maximum Gasteiger partial charge on any atom is 0.344 e. The molecule has 11 heteroatoms. The molecule has 0 unspecified atom stereocenters. The summed E-state index contributed by atoms with van der Waals surface area (Å²) >= 11 is 12.1. The number of nitrogens with zero attached hydrogens (tertiary/aromatic N) is 3. The quantitative estimate of drug-likeness (QED) is 0.639. The molecule has 1 aromatic carbocycles. The second-order valence-corrected chi connectivity index (χ2v) is 8.06. The molecule has 0 aliphatic carbocycles. The molecule has 1 N–H and O–H groups in total. The highest BCUT2D eigenvalue weighted by Gasteiger charge is 2.32. The van der Waals surface area contributed by atoms with Gasteiger partial charge in [0.25, 0.3) is 10.0 Å². The highest BCUT2D eigenvalue weighted by Crippen LogP contribution is 2.32. The van der Waals surface area contributed by atoms with E-state index in [1.807, 2.05) is 0 Å². The molecule has 142 valence electrons. The minimum Gasteiger partial charge on any atom is -0.465 e. The zero-order valence-corrected chi connectivity index (χ0v) is 16.8. The zero-order valence-electron chi connectivity index (χ0n) is 14.4. The molecular formula is C16H14Cl2N4O4S. The second kappa shape index (κ2) is 6.99. The number of esters is 1. The molecule has 0 saturated carbocycles. The predicted octanol–water partition coefficient (Wildman–Crippen LogP) is 3.24. The van der Waals surface area contributed by atoms with Crippen LogP contribution in [0.25, 0.3) is 5.65 Å². The number of carbonyl (C=O) groups is 1. The van der Waals surface area contributed by atoms with Crippen molar-refractivity contribution in [3.05, 3.63) is 51.3 Å². The molecule has 0 aliphatic rings. The summed E-state index contributed by atoms with van der Waals surface area (Å²) in [5.41, 5.74) is 0.968. The Kier molecular flexibility index (Phi) is 5.02. The van der Waals surface area contributed by atoms with Gasteiger partial charge in [0.05, 0.1) is 22.8 Å². The normalized spacial score (nSPS) is 11.6. The van der Waals surface area contributed by atoms with Gasteiger partial charge in [0.15, 0.2) is 5.65 Å². The minimum atomic E-state index is -4.33. The van der Waals surface area contributed by atoms with Crippen molar-refractivity contribution in [2.24, 2.45) is 0 Å². The first-order valence-electron chi connectivity index (χ1n) is 7.58. The van der Waals surface area contributed by atoms with Crippen molar-refractivity contribution in [2.45, 2.75) is 18.9 Å². The van der Waals surface area contributed by atoms with Crippen LogP contribution in [0.2, 0.25) is 10.0 Å². The minimum absolute atomic E-state index is 0.0189. The molecule has 0 aliphatic heterocycles. The highest BCUT2D eigenvalue weighted by molar-refractivity contribution is 7.92. The van der Waals surface area contributed by atoms with Gasteiger partial charge in [0, 0.05) is 11.4 Å². The van der Waals surface area contributed by atoms with Gasteiger partial charge in [0.1, 0.15) is 5.56 Å². The number of benzene rings is 1. The Hall–Kier alpha value is -2.36. The van der Waals surface area contributed by atoms with Gasteiger partial charge in [-0.3, -0.25) is 4.72 Å². The van der Waals surface area contributed by atoms with Crippen LogP contribution in [0.5, 0.6) is 0 Å². The average molecular weight is 429 g/mol. The number of methoxy groups -OCH3 is 1. The SMILES string of the molecule is COC(=O)c1c(S(=O)(=O)Nc2c(Cl)cccc2Cl)nn2c(C)cc(C)nc12. The van der Waals surface area contributed by atoms with Gasteiger partial charge in [-0.1, -0.05) is 29.3 Å². The molecule has 0 bridgehead atoms. The van der Waals surface area contributed by atoms with E-state index in [9.17, 15) is 13.2 Å². The van der Waals surface area contributed by atoms with E-state index in [0.717, 1.165) is 7.11 Å². The zero-order chi connectivity index (χ0) is 19.9. The Balaban J connectivity index is 2.26. The van der Waals surface area contributed by atoms with E-state index in [0.29, 0.717) is 11.4 Å². The number of nitrogens with one attached hydrogen (secondary N) is 1. The molecule has 2 heterocycles. The first-order chi connectivity index (χ1) is 12.7. The molecule has 2 aromatic heterocycles. The fraction of sp³-hybridized carbons (Fsp3) is 0.188. The lowest BCUT2D eigenvalue weighted by atomic mass is 10.3. The number of hydrogen-bond donors (Lipinski definition) is 1. The Morgan fingerprint density at radius 1 is 1.22 bits per heavy atom. The Bertz CT molecular complexity index is 1150. The molecular weight excluding hydrogens is 415 g/mol. The van der Waals surface area contributed by atoms with Crippen LogP contribution in [0.15, 0.2) is 29.3 Å². The summed E-state index contributed by atoms with van der Waals surface area (Å²) in [5, 5.41) is 3.72. The molecule has 0 radical (unpaired) electrons. The lowest BCUT2D eigenvalue weighted by Gasteiger charge is -2.10. The van der Waals surface area contributed by atoms with Crippen LogP contribution in [0.4, 0.5) is 5.69 Å². The summed E-state index contributed by atoms with van der Waals surface area (Å²) in [5.74, 6) is -0.881. The fourth-order valence-corrected chi connectivity index (χ4v) is 4.37. The van der Waals surface area contributed by atoms with Crippen molar-refractivity contribution in [2.75, 3.05) is 11.8 Å². The van der Waals surface area contributed by atoms with Crippen LogP contribution in [0.1, 0.15) is 21.7 Å². The van der Waals surface area contributed by atoms with Crippen molar-refractivity contribution < 1.29 is 17.9 Å². The first-order valence-corrected chi connectivity index (χ1v) is 9.81. The molecule has 0 spiro atoms. The van der Waals surface area contributed by atoms with E-state index in [1.54, 1.807) is 26.0 Å². The smallest absolute Gasteiger partial charge is 0.344 e. The van der Waals surface area contributed by atoms with Crippen LogP contribution in [0.3, 0.4) is 0 Å². The van der Waals surface area contributed by atoms with Gasteiger partial charge in [-0.2, -0.15) is 13.5 Å². The van der Waals surface area contributed by atoms with Gasteiger partial charge < -0.3 is 4.74 Å². The molecule has 27 heavy (non-hydrogen) atoms. The van der Waals surface area contributed by atoms with Gasteiger partial charge >= 0.3 is 5.97 Å². The van der Waals surface area contributed by atoms with Gasteiger partial charge in [0.2, 0.25) is 5.03 Å². The number of fused-ring (bicyclic) bond motifs is 1.